The van der Waals surface area contributed by atoms with Gasteiger partial charge in [-0.1, -0.05) is 59.2 Å². The van der Waals surface area contributed by atoms with Gasteiger partial charge in [-0.05, 0) is 23.8 Å². The van der Waals surface area contributed by atoms with Crippen LogP contribution >= 0.6 is 7.80 Å². The Bertz CT molecular complexity index is 503. The lowest BCUT2D eigenvalue weighted by atomic mass is 10.2. The van der Waals surface area contributed by atoms with Crippen molar-refractivity contribution in [1.82, 2.24) is 0 Å². The first-order valence-electron chi connectivity index (χ1n) is 5.57. The molecule has 0 radical (unpaired) electrons. The van der Waals surface area contributed by atoms with Gasteiger partial charge in [-0.25, -0.2) is 0 Å². The Balaban J connectivity index is 1.95. The van der Waals surface area contributed by atoms with E-state index in [4.69, 9.17) is 0 Å². The lowest BCUT2D eigenvalue weighted by Gasteiger charge is -1.89. The van der Waals surface area contributed by atoms with Crippen molar-refractivity contribution in [3.63, 3.8) is 0 Å². The Morgan fingerprint density at radius 3 is 2.12 bits per heavy atom. The molecule has 0 saturated heterocycles. The van der Waals surface area contributed by atoms with Crippen LogP contribution in [0.2, 0.25) is 0 Å². The summed E-state index contributed by atoms with van der Waals surface area (Å²) in [4.78, 5) is 0. The zero-order valence-electron chi connectivity index (χ0n) is 9.49. The highest BCUT2D eigenvalue weighted by Crippen LogP contribution is 2.19. The first-order valence-corrected chi connectivity index (χ1v) is 7.02. The second-order valence-electron chi connectivity index (χ2n) is 3.71. The van der Waals surface area contributed by atoms with Gasteiger partial charge in [0.25, 0.3) is 0 Å². The predicted molar refractivity (Wildman–Crippen MR) is 74.0 cm³/mol. The van der Waals surface area contributed by atoms with Crippen LogP contribution in [0.3, 0.4) is 0 Å². The molecule has 84 valence electrons. The highest BCUT2D eigenvalue weighted by atomic mass is 31.1. The molecule has 17 heavy (non-hydrogen) atoms. The van der Waals surface area contributed by atoms with Gasteiger partial charge in [0.05, 0.1) is 0 Å². The minimum Gasteiger partial charge on any atom is -0.0677 e. The van der Waals surface area contributed by atoms with Crippen LogP contribution < -0.4 is 5.30 Å². The van der Waals surface area contributed by atoms with E-state index in [1.807, 2.05) is 72.8 Å². The highest BCUT2D eigenvalue weighted by Gasteiger charge is 2.15. The van der Waals surface area contributed by atoms with Crippen molar-refractivity contribution in [2.45, 2.75) is 0 Å². The largest absolute Gasteiger partial charge is 0.380 e. The van der Waals surface area contributed by atoms with Crippen molar-refractivity contribution in [1.29, 1.82) is 0 Å². The Hall–Kier alpha value is -1.72. The van der Waals surface area contributed by atoms with Gasteiger partial charge in [0, 0.05) is 0 Å². The van der Waals surface area contributed by atoms with Crippen LogP contribution in [0.1, 0.15) is 5.56 Å². The zero-order chi connectivity index (χ0) is 11.9. The molecule has 0 saturated carbocycles. The SMILES string of the molecule is O=[P+](CC=Cc1ccccc1)c1ccccc1. The molecule has 1 unspecified atom stereocenters. The summed E-state index contributed by atoms with van der Waals surface area (Å²) < 4.78 is 11.9. The standard InChI is InChI=1S/C15H14OP/c16-17(15-11-5-2-6-12-15)13-7-10-14-8-3-1-4-9-14/h1-12H,13H2/q+1. The van der Waals surface area contributed by atoms with Crippen molar-refractivity contribution in [3.8, 4) is 0 Å². The lowest BCUT2D eigenvalue weighted by molar-refractivity contribution is 0.594. The molecule has 0 heterocycles. The van der Waals surface area contributed by atoms with Crippen LogP contribution in [0.5, 0.6) is 0 Å². The molecular formula is C15H14OP+. The average Bonchev–Trinajstić information content (AvgIpc) is 2.41. The molecule has 0 N–H and O–H groups in total. The van der Waals surface area contributed by atoms with Gasteiger partial charge >= 0.3 is 7.80 Å². The van der Waals surface area contributed by atoms with E-state index in [1.54, 1.807) is 0 Å². The van der Waals surface area contributed by atoms with Crippen molar-refractivity contribution in [2.24, 2.45) is 0 Å². The van der Waals surface area contributed by atoms with Crippen LogP contribution in [-0.2, 0) is 4.57 Å². The zero-order valence-corrected chi connectivity index (χ0v) is 10.4. The summed E-state index contributed by atoms with van der Waals surface area (Å²) in [5, 5.41) is 0.917. The first-order chi connectivity index (χ1) is 8.36. The normalized spacial score (nSPS) is 11.6. The summed E-state index contributed by atoms with van der Waals surface area (Å²) in [5.74, 6) is 0. The monoisotopic (exact) mass is 241 g/mol. The van der Waals surface area contributed by atoms with E-state index in [9.17, 15) is 4.57 Å². The summed E-state index contributed by atoms with van der Waals surface area (Å²) in [6, 6.07) is 19.7. The molecular weight excluding hydrogens is 227 g/mol. The van der Waals surface area contributed by atoms with E-state index in [0.717, 1.165) is 10.9 Å². The van der Waals surface area contributed by atoms with Crippen LogP contribution in [0, 0.1) is 0 Å². The van der Waals surface area contributed by atoms with Gasteiger partial charge in [0.1, 0.15) is 0 Å². The fraction of sp³-hybridized carbons (Fsp3) is 0.0667. The molecule has 2 aromatic carbocycles. The maximum absolute atomic E-state index is 11.9. The maximum Gasteiger partial charge on any atom is 0.380 e. The van der Waals surface area contributed by atoms with E-state index < -0.39 is 7.80 Å². The predicted octanol–water partition coefficient (Wildman–Crippen LogP) is 3.85. The fourth-order valence-electron chi connectivity index (χ4n) is 1.55. The number of hydrogen-bond donors (Lipinski definition) is 0. The second kappa shape index (κ2) is 6.12. The molecule has 1 atom stereocenters. The fourth-order valence-corrected chi connectivity index (χ4v) is 2.56. The molecule has 2 rings (SSSR count). The summed E-state index contributed by atoms with van der Waals surface area (Å²) in [6.45, 7) is 0. The molecule has 0 aliphatic carbocycles. The summed E-state index contributed by atoms with van der Waals surface area (Å²) in [6.07, 6.45) is 4.57. The summed E-state index contributed by atoms with van der Waals surface area (Å²) >= 11 is 0. The van der Waals surface area contributed by atoms with Crippen LogP contribution in [-0.4, -0.2) is 6.16 Å². The molecule has 0 amide bonds. The number of hydrogen-bond acceptors (Lipinski definition) is 1. The van der Waals surface area contributed by atoms with Gasteiger partial charge in [-0.2, -0.15) is 0 Å². The second-order valence-corrected chi connectivity index (χ2v) is 5.35. The number of rotatable bonds is 4. The molecule has 0 bridgehead atoms. The van der Waals surface area contributed by atoms with Gasteiger partial charge in [0.15, 0.2) is 11.5 Å². The van der Waals surface area contributed by atoms with E-state index >= 15 is 0 Å². The third kappa shape index (κ3) is 3.65. The molecule has 0 fully saturated rings. The Morgan fingerprint density at radius 2 is 1.47 bits per heavy atom. The Kier molecular flexibility index (Phi) is 4.23. The summed E-state index contributed by atoms with van der Waals surface area (Å²) in [7, 11) is -1.31. The van der Waals surface area contributed by atoms with E-state index in [-0.39, 0.29) is 0 Å². The third-order valence-corrected chi connectivity index (χ3v) is 3.84. The number of allylic oxidation sites excluding steroid dienone is 1. The van der Waals surface area contributed by atoms with Crippen LogP contribution in [0.25, 0.3) is 6.08 Å². The van der Waals surface area contributed by atoms with Crippen molar-refractivity contribution in [2.75, 3.05) is 6.16 Å². The topological polar surface area (TPSA) is 17.1 Å². The van der Waals surface area contributed by atoms with E-state index in [0.29, 0.717) is 6.16 Å². The molecule has 2 heteroatoms. The average molecular weight is 241 g/mol. The smallest absolute Gasteiger partial charge is 0.0677 e. The van der Waals surface area contributed by atoms with Gasteiger partial charge in [0.2, 0.25) is 0 Å². The Morgan fingerprint density at radius 1 is 0.882 bits per heavy atom. The molecule has 0 spiro atoms. The molecule has 0 aromatic heterocycles. The van der Waals surface area contributed by atoms with Crippen molar-refractivity contribution < 1.29 is 4.57 Å². The van der Waals surface area contributed by atoms with Gasteiger partial charge in [-0.3, -0.25) is 0 Å². The third-order valence-electron chi connectivity index (χ3n) is 2.43. The van der Waals surface area contributed by atoms with E-state index in [2.05, 4.69) is 0 Å². The van der Waals surface area contributed by atoms with Gasteiger partial charge in [-0.15, -0.1) is 0 Å². The molecule has 0 aliphatic heterocycles. The minimum atomic E-state index is -1.31. The first kappa shape index (κ1) is 11.8. The number of benzene rings is 2. The minimum absolute atomic E-state index is 0.592. The highest BCUT2D eigenvalue weighted by molar-refractivity contribution is 7.53. The molecule has 1 nitrogen and oxygen atoms in total. The molecule has 2 aromatic rings. The van der Waals surface area contributed by atoms with Gasteiger partial charge < -0.3 is 0 Å². The maximum atomic E-state index is 11.9. The van der Waals surface area contributed by atoms with Crippen LogP contribution in [0.4, 0.5) is 0 Å². The molecule has 0 aliphatic rings. The van der Waals surface area contributed by atoms with E-state index in [1.165, 1.54) is 0 Å². The summed E-state index contributed by atoms with van der Waals surface area (Å²) in [5.41, 5.74) is 1.14. The lowest BCUT2D eigenvalue weighted by Crippen LogP contribution is -1.95. The Labute approximate surface area is 103 Å². The van der Waals surface area contributed by atoms with Crippen molar-refractivity contribution >= 4 is 19.2 Å². The quantitative estimate of drug-likeness (QED) is 0.743. The van der Waals surface area contributed by atoms with Crippen molar-refractivity contribution in [3.05, 3.63) is 72.3 Å². The van der Waals surface area contributed by atoms with Crippen LogP contribution in [0.15, 0.2) is 66.7 Å².